The van der Waals surface area contributed by atoms with E-state index in [4.69, 9.17) is 16.6 Å². The summed E-state index contributed by atoms with van der Waals surface area (Å²) >= 11 is 6.36. The maximum absolute atomic E-state index is 6.36. The van der Waals surface area contributed by atoms with Gasteiger partial charge in [-0.25, -0.2) is 4.98 Å². The Bertz CT molecular complexity index is 521. The van der Waals surface area contributed by atoms with Crippen molar-refractivity contribution in [3.8, 4) is 0 Å². The monoisotopic (exact) mass is 264 g/mol. The van der Waals surface area contributed by atoms with Gasteiger partial charge in [-0.15, -0.1) is 0 Å². The molecule has 98 valence electrons. The average molecular weight is 265 g/mol. The van der Waals surface area contributed by atoms with E-state index >= 15 is 0 Å². The quantitative estimate of drug-likeness (QED) is 0.745. The van der Waals surface area contributed by atoms with Crippen LogP contribution in [-0.2, 0) is 0 Å². The Morgan fingerprint density at radius 2 is 2.17 bits per heavy atom. The fourth-order valence-corrected chi connectivity index (χ4v) is 2.53. The highest BCUT2D eigenvalue weighted by Crippen LogP contribution is 2.38. The molecule has 2 nitrogen and oxygen atoms in total. The van der Waals surface area contributed by atoms with Crippen molar-refractivity contribution in [1.82, 2.24) is 9.55 Å². The van der Waals surface area contributed by atoms with Gasteiger partial charge in [-0.2, -0.15) is 0 Å². The van der Waals surface area contributed by atoms with E-state index in [1.165, 1.54) is 11.1 Å². The number of rotatable bonds is 2. The minimum Gasteiger partial charge on any atom is -0.305 e. The fourth-order valence-electron chi connectivity index (χ4n) is 2.32. The maximum atomic E-state index is 6.36. The molecular weight excluding hydrogens is 244 g/mol. The molecule has 0 saturated carbocycles. The van der Waals surface area contributed by atoms with Crippen molar-refractivity contribution in [2.75, 3.05) is 0 Å². The second kappa shape index (κ2) is 4.93. The Labute approximate surface area is 114 Å². The molecule has 1 atom stereocenters. The average Bonchev–Trinajstić information content (AvgIpc) is 2.73. The van der Waals surface area contributed by atoms with E-state index in [1.807, 2.05) is 6.20 Å². The zero-order chi connectivity index (χ0) is 13.4. The van der Waals surface area contributed by atoms with Crippen LogP contribution in [0.5, 0.6) is 0 Å². The lowest BCUT2D eigenvalue weighted by atomic mass is 9.92. The maximum Gasteiger partial charge on any atom is 0.140 e. The number of hydrogen-bond acceptors (Lipinski definition) is 1. The van der Waals surface area contributed by atoms with Gasteiger partial charge in [0.1, 0.15) is 5.82 Å². The van der Waals surface area contributed by atoms with Gasteiger partial charge in [-0.1, -0.05) is 44.9 Å². The first-order valence-electron chi connectivity index (χ1n) is 6.61. The molecule has 0 aromatic carbocycles. The van der Waals surface area contributed by atoms with Crippen LogP contribution in [0, 0.1) is 5.92 Å². The molecule has 1 aromatic heterocycles. The van der Waals surface area contributed by atoms with Crippen molar-refractivity contribution in [3.05, 3.63) is 28.3 Å². The molecule has 3 heteroatoms. The second-order valence-corrected chi connectivity index (χ2v) is 5.77. The molecule has 0 bridgehead atoms. The van der Waals surface area contributed by atoms with Crippen LogP contribution in [0.3, 0.4) is 0 Å². The summed E-state index contributed by atoms with van der Waals surface area (Å²) in [5, 5.41) is 0.887. The van der Waals surface area contributed by atoms with Crippen LogP contribution in [0.4, 0.5) is 0 Å². The highest BCUT2D eigenvalue weighted by molar-refractivity contribution is 6.32. The highest BCUT2D eigenvalue weighted by Gasteiger charge is 2.26. The molecule has 0 radical (unpaired) electrons. The second-order valence-electron chi connectivity index (χ2n) is 5.33. The summed E-state index contributed by atoms with van der Waals surface area (Å²) < 4.78 is 2.08. The molecule has 0 aliphatic carbocycles. The third-order valence-corrected chi connectivity index (χ3v) is 4.11. The molecule has 0 amide bonds. The molecule has 1 aliphatic rings. The van der Waals surface area contributed by atoms with Crippen LogP contribution in [0.2, 0.25) is 0 Å². The Morgan fingerprint density at radius 1 is 1.50 bits per heavy atom. The Balaban J connectivity index is 2.63. The van der Waals surface area contributed by atoms with Gasteiger partial charge >= 0.3 is 0 Å². The Morgan fingerprint density at radius 3 is 2.72 bits per heavy atom. The van der Waals surface area contributed by atoms with Crippen LogP contribution < -0.4 is 0 Å². The van der Waals surface area contributed by atoms with E-state index in [0.29, 0.717) is 5.92 Å². The van der Waals surface area contributed by atoms with E-state index in [1.54, 1.807) is 0 Å². The number of nitrogens with zero attached hydrogens (tertiary/aromatic N) is 2. The number of imidazole rings is 1. The van der Waals surface area contributed by atoms with Crippen molar-refractivity contribution in [1.29, 1.82) is 0 Å². The standard InChI is InChI=1S/C15H21ClN2/c1-6-10(4)14-11(5)12(16)7-18-8-13(9(2)3)17-15(14)18/h7-9,11H,6H2,1-5H3/b14-10-. The third-order valence-electron chi connectivity index (χ3n) is 3.68. The molecule has 1 unspecified atom stereocenters. The number of aromatic nitrogens is 2. The summed E-state index contributed by atoms with van der Waals surface area (Å²) in [6.07, 6.45) is 5.12. The summed E-state index contributed by atoms with van der Waals surface area (Å²) in [7, 11) is 0. The minimum absolute atomic E-state index is 0.251. The van der Waals surface area contributed by atoms with Crippen LogP contribution in [0.25, 0.3) is 11.8 Å². The van der Waals surface area contributed by atoms with Crippen LogP contribution in [-0.4, -0.2) is 9.55 Å². The van der Waals surface area contributed by atoms with E-state index in [0.717, 1.165) is 23.0 Å². The lowest BCUT2D eigenvalue weighted by Gasteiger charge is -2.23. The smallest absolute Gasteiger partial charge is 0.140 e. The van der Waals surface area contributed by atoms with Gasteiger partial charge in [0.15, 0.2) is 0 Å². The minimum atomic E-state index is 0.251. The summed E-state index contributed by atoms with van der Waals surface area (Å²) in [6.45, 7) is 10.8. The van der Waals surface area contributed by atoms with Crippen molar-refractivity contribution < 1.29 is 0 Å². The van der Waals surface area contributed by atoms with Gasteiger partial charge < -0.3 is 4.57 Å². The first kappa shape index (κ1) is 13.4. The van der Waals surface area contributed by atoms with Gasteiger partial charge in [-0.05, 0) is 19.3 Å². The van der Waals surface area contributed by atoms with Crippen molar-refractivity contribution in [2.24, 2.45) is 5.92 Å². The molecule has 1 aliphatic heterocycles. The van der Waals surface area contributed by atoms with Crippen molar-refractivity contribution in [2.45, 2.75) is 47.0 Å². The molecule has 0 fully saturated rings. The highest BCUT2D eigenvalue weighted by atomic mass is 35.5. The molecule has 2 heterocycles. The molecule has 0 saturated heterocycles. The van der Waals surface area contributed by atoms with E-state index < -0.39 is 0 Å². The zero-order valence-corrected chi connectivity index (χ0v) is 12.5. The predicted molar refractivity (Wildman–Crippen MR) is 78.5 cm³/mol. The van der Waals surface area contributed by atoms with Crippen LogP contribution in [0.1, 0.15) is 58.5 Å². The first-order valence-corrected chi connectivity index (χ1v) is 6.99. The van der Waals surface area contributed by atoms with Gasteiger partial charge in [0.25, 0.3) is 0 Å². The van der Waals surface area contributed by atoms with Gasteiger partial charge in [-0.3, -0.25) is 0 Å². The Hall–Kier alpha value is -1.02. The summed E-state index contributed by atoms with van der Waals surface area (Å²) in [6, 6.07) is 0. The lowest BCUT2D eigenvalue weighted by Crippen LogP contribution is -2.12. The fraction of sp³-hybridized carbons (Fsp3) is 0.533. The molecule has 0 spiro atoms. The number of halogens is 1. The molecular formula is C15H21ClN2. The number of allylic oxidation sites excluding steroid dienone is 3. The van der Waals surface area contributed by atoms with E-state index in [9.17, 15) is 0 Å². The van der Waals surface area contributed by atoms with E-state index in [2.05, 4.69) is 45.4 Å². The normalized spacial score (nSPS) is 21.9. The molecule has 18 heavy (non-hydrogen) atoms. The summed E-state index contributed by atoms with van der Waals surface area (Å²) in [5.74, 6) is 1.75. The van der Waals surface area contributed by atoms with Crippen LogP contribution >= 0.6 is 11.6 Å². The third kappa shape index (κ3) is 2.14. The molecule has 0 N–H and O–H groups in total. The first-order chi connectivity index (χ1) is 8.45. The van der Waals surface area contributed by atoms with Crippen LogP contribution in [0.15, 0.2) is 16.8 Å². The lowest BCUT2D eigenvalue weighted by molar-refractivity contribution is 0.825. The zero-order valence-electron chi connectivity index (χ0n) is 11.8. The molecule has 1 aromatic rings. The summed E-state index contributed by atoms with van der Waals surface area (Å²) in [5.41, 5.74) is 3.79. The largest absolute Gasteiger partial charge is 0.305 e. The van der Waals surface area contributed by atoms with Gasteiger partial charge in [0, 0.05) is 28.9 Å². The van der Waals surface area contributed by atoms with Crippen molar-refractivity contribution in [3.63, 3.8) is 0 Å². The van der Waals surface area contributed by atoms with E-state index in [-0.39, 0.29) is 5.92 Å². The number of hydrogen-bond donors (Lipinski definition) is 0. The molecule has 2 rings (SSSR count). The van der Waals surface area contributed by atoms with Gasteiger partial charge in [0.2, 0.25) is 0 Å². The summed E-state index contributed by atoms with van der Waals surface area (Å²) in [4.78, 5) is 4.79. The predicted octanol–water partition coefficient (Wildman–Crippen LogP) is 4.88. The SMILES string of the molecule is CC/C(C)=C1\c2nc(C(C)C)cn2C=C(Cl)C1C. The van der Waals surface area contributed by atoms with Gasteiger partial charge in [0.05, 0.1) is 5.69 Å². The Kier molecular flexibility index (Phi) is 3.67. The topological polar surface area (TPSA) is 17.8 Å². The number of fused-ring (bicyclic) bond motifs is 1. The van der Waals surface area contributed by atoms with Crippen molar-refractivity contribution >= 4 is 23.4 Å².